The minimum absolute atomic E-state index is 0.119. The highest BCUT2D eigenvalue weighted by Gasteiger charge is 2.28. The van der Waals surface area contributed by atoms with Gasteiger partial charge in [-0.15, -0.1) is 0 Å². The second kappa shape index (κ2) is 6.21. The first kappa shape index (κ1) is 13.5. The first-order valence-electron chi connectivity index (χ1n) is 6.14. The van der Waals surface area contributed by atoms with Gasteiger partial charge in [-0.2, -0.15) is 0 Å². The Hall–Kier alpha value is -0.610. The summed E-state index contributed by atoms with van der Waals surface area (Å²) in [5, 5.41) is 3.07. The molecular formula is C12H24N2O2. The smallest absolute Gasteiger partial charge is 0.220 e. The third kappa shape index (κ3) is 4.49. The summed E-state index contributed by atoms with van der Waals surface area (Å²) in [5.41, 5.74) is 5.35. The zero-order valence-electron chi connectivity index (χ0n) is 10.4. The molecule has 16 heavy (non-hydrogen) atoms. The van der Waals surface area contributed by atoms with E-state index < -0.39 is 0 Å². The second-order valence-electron chi connectivity index (χ2n) is 5.14. The molecule has 1 amide bonds. The van der Waals surface area contributed by atoms with Crippen LogP contribution in [0.15, 0.2) is 0 Å². The second-order valence-corrected chi connectivity index (χ2v) is 5.14. The average Bonchev–Trinajstić information content (AvgIpc) is 2.26. The van der Waals surface area contributed by atoms with Gasteiger partial charge >= 0.3 is 0 Å². The van der Waals surface area contributed by atoms with Gasteiger partial charge in [0.2, 0.25) is 5.91 Å². The van der Waals surface area contributed by atoms with E-state index in [4.69, 9.17) is 10.5 Å². The van der Waals surface area contributed by atoms with Crippen molar-refractivity contribution in [2.24, 2.45) is 11.7 Å². The van der Waals surface area contributed by atoms with Crippen molar-refractivity contribution in [1.82, 2.24) is 5.32 Å². The number of amides is 1. The zero-order valence-corrected chi connectivity index (χ0v) is 10.4. The molecular weight excluding hydrogens is 204 g/mol. The molecule has 0 aliphatic carbocycles. The Bertz CT molecular complexity index is 225. The van der Waals surface area contributed by atoms with Crippen molar-refractivity contribution in [2.45, 2.75) is 45.1 Å². The van der Waals surface area contributed by atoms with Crippen molar-refractivity contribution in [3.63, 3.8) is 0 Å². The summed E-state index contributed by atoms with van der Waals surface area (Å²) in [6, 6.07) is 0. The zero-order chi connectivity index (χ0) is 12.0. The Morgan fingerprint density at radius 3 is 2.94 bits per heavy atom. The third-order valence-electron chi connectivity index (χ3n) is 3.15. The molecule has 0 spiro atoms. The lowest BCUT2D eigenvalue weighted by atomic mass is 9.94. The summed E-state index contributed by atoms with van der Waals surface area (Å²) in [6.45, 7) is 6.21. The number of carbonyl (C=O) groups is 1. The molecule has 1 fully saturated rings. The maximum absolute atomic E-state index is 11.7. The summed E-state index contributed by atoms with van der Waals surface area (Å²) < 4.78 is 5.40. The summed E-state index contributed by atoms with van der Waals surface area (Å²) >= 11 is 0. The van der Waals surface area contributed by atoms with E-state index in [9.17, 15) is 4.79 Å². The van der Waals surface area contributed by atoms with Crippen LogP contribution < -0.4 is 11.1 Å². The molecule has 0 aromatic carbocycles. The van der Waals surface area contributed by atoms with E-state index in [0.29, 0.717) is 25.5 Å². The van der Waals surface area contributed by atoms with Crippen LogP contribution in [0, 0.1) is 5.92 Å². The average molecular weight is 228 g/mol. The van der Waals surface area contributed by atoms with E-state index in [0.717, 1.165) is 25.9 Å². The molecule has 0 aromatic rings. The normalized spacial score (nSPS) is 27.4. The molecule has 1 aliphatic heterocycles. The van der Waals surface area contributed by atoms with Gasteiger partial charge in [0, 0.05) is 13.0 Å². The Kier molecular flexibility index (Phi) is 5.22. The molecule has 0 aromatic heterocycles. The van der Waals surface area contributed by atoms with Gasteiger partial charge in [0.1, 0.15) is 0 Å². The van der Waals surface area contributed by atoms with Crippen LogP contribution in [0.3, 0.4) is 0 Å². The number of nitrogens with one attached hydrogen (secondary N) is 1. The fourth-order valence-electron chi connectivity index (χ4n) is 1.93. The summed E-state index contributed by atoms with van der Waals surface area (Å²) in [5.74, 6) is 0.537. The van der Waals surface area contributed by atoms with Gasteiger partial charge in [-0.25, -0.2) is 0 Å². The molecule has 1 heterocycles. The molecule has 2 unspecified atom stereocenters. The molecule has 0 bridgehead atoms. The van der Waals surface area contributed by atoms with Crippen molar-refractivity contribution in [2.75, 3.05) is 19.8 Å². The standard InChI is InChI=1S/C12H24N2O2/c1-10(8-13)4-5-11(15)14-12(2)6-3-7-16-9-12/h10H,3-9,13H2,1-2H3,(H,14,15). The van der Waals surface area contributed by atoms with E-state index in [-0.39, 0.29) is 11.4 Å². The SMILES string of the molecule is CC(CN)CCC(=O)NC1(C)CCCOC1. The topological polar surface area (TPSA) is 64.4 Å². The predicted molar refractivity (Wildman–Crippen MR) is 64.1 cm³/mol. The first-order chi connectivity index (χ1) is 7.56. The Morgan fingerprint density at radius 2 is 2.38 bits per heavy atom. The molecule has 2 atom stereocenters. The van der Waals surface area contributed by atoms with E-state index in [2.05, 4.69) is 19.2 Å². The van der Waals surface area contributed by atoms with E-state index in [1.165, 1.54) is 0 Å². The minimum atomic E-state index is -0.165. The summed E-state index contributed by atoms with van der Waals surface area (Å²) in [6.07, 6.45) is 3.45. The summed E-state index contributed by atoms with van der Waals surface area (Å²) in [4.78, 5) is 11.7. The Morgan fingerprint density at radius 1 is 1.62 bits per heavy atom. The largest absolute Gasteiger partial charge is 0.379 e. The van der Waals surface area contributed by atoms with Crippen LogP contribution in [0.25, 0.3) is 0 Å². The maximum Gasteiger partial charge on any atom is 0.220 e. The van der Waals surface area contributed by atoms with Crippen molar-refractivity contribution in [3.8, 4) is 0 Å². The fraction of sp³-hybridized carbons (Fsp3) is 0.917. The lowest BCUT2D eigenvalue weighted by molar-refractivity contribution is -0.124. The highest BCUT2D eigenvalue weighted by Crippen LogP contribution is 2.18. The van der Waals surface area contributed by atoms with Gasteiger partial charge < -0.3 is 15.8 Å². The minimum Gasteiger partial charge on any atom is -0.379 e. The van der Waals surface area contributed by atoms with Crippen LogP contribution >= 0.6 is 0 Å². The molecule has 1 aliphatic rings. The highest BCUT2D eigenvalue weighted by molar-refractivity contribution is 5.76. The van der Waals surface area contributed by atoms with Crippen molar-refractivity contribution >= 4 is 5.91 Å². The van der Waals surface area contributed by atoms with Gasteiger partial charge in [0.15, 0.2) is 0 Å². The lowest BCUT2D eigenvalue weighted by Gasteiger charge is -2.34. The maximum atomic E-state index is 11.7. The molecule has 3 N–H and O–H groups in total. The van der Waals surface area contributed by atoms with Crippen molar-refractivity contribution < 1.29 is 9.53 Å². The monoisotopic (exact) mass is 228 g/mol. The number of ether oxygens (including phenoxy) is 1. The van der Waals surface area contributed by atoms with Crippen LogP contribution in [0.4, 0.5) is 0 Å². The molecule has 0 radical (unpaired) electrons. The molecule has 4 nitrogen and oxygen atoms in total. The van der Waals surface area contributed by atoms with Gasteiger partial charge in [-0.1, -0.05) is 6.92 Å². The van der Waals surface area contributed by atoms with E-state index >= 15 is 0 Å². The van der Waals surface area contributed by atoms with Gasteiger partial charge in [-0.05, 0) is 38.6 Å². The number of hydrogen-bond donors (Lipinski definition) is 2. The van der Waals surface area contributed by atoms with Crippen molar-refractivity contribution in [3.05, 3.63) is 0 Å². The molecule has 94 valence electrons. The first-order valence-corrected chi connectivity index (χ1v) is 6.14. The molecule has 1 rings (SSSR count). The van der Waals surface area contributed by atoms with Crippen LogP contribution in [0.2, 0.25) is 0 Å². The molecule has 1 saturated heterocycles. The van der Waals surface area contributed by atoms with Gasteiger partial charge in [-0.3, -0.25) is 4.79 Å². The van der Waals surface area contributed by atoms with Crippen LogP contribution in [-0.2, 0) is 9.53 Å². The Labute approximate surface area is 97.9 Å². The van der Waals surface area contributed by atoms with Gasteiger partial charge in [0.25, 0.3) is 0 Å². The molecule has 0 saturated carbocycles. The lowest BCUT2D eigenvalue weighted by Crippen LogP contribution is -2.51. The van der Waals surface area contributed by atoms with Crippen LogP contribution in [-0.4, -0.2) is 31.2 Å². The Balaban J connectivity index is 2.27. The van der Waals surface area contributed by atoms with Gasteiger partial charge in [0.05, 0.1) is 12.1 Å². The van der Waals surface area contributed by atoms with Crippen LogP contribution in [0.5, 0.6) is 0 Å². The number of hydrogen-bond acceptors (Lipinski definition) is 3. The third-order valence-corrected chi connectivity index (χ3v) is 3.15. The van der Waals surface area contributed by atoms with E-state index in [1.54, 1.807) is 0 Å². The fourth-order valence-corrected chi connectivity index (χ4v) is 1.93. The number of nitrogens with two attached hydrogens (primary N) is 1. The van der Waals surface area contributed by atoms with Crippen LogP contribution in [0.1, 0.15) is 39.5 Å². The molecule has 4 heteroatoms. The summed E-state index contributed by atoms with van der Waals surface area (Å²) in [7, 11) is 0. The number of rotatable bonds is 5. The number of carbonyl (C=O) groups excluding carboxylic acids is 1. The highest BCUT2D eigenvalue weighted by atomic mass is 16.5. The van der Waals surface area contributed by atoms with Crippen molar-refractivity contribution in [1.29, 1.82) is 0 Å². The predicted octanol–water partition coefficient (Wildman–Crippen LogP) is 1.05. The quantitative estimate of drug-likeness (QED) is 0.739. The van der Waals surface area contributed by atoms with E-state index in [1.807, 2.05) is 0 Å².